The molecule has 0 radical (unpaired) electrons. The van der Waals surface area contributed by atoms with Crippen LogP contribution in [0.2, 0.25) is 0 Å². The third-order valence-corrected chi connectivity index (χ3v) is 3.83. The molecule has 1 heterocycles. The number of aromatic nitrogens is 1. The van der Waals surface area contributed by atoms with Crippen molar-refractivity contribution in [3.8, 4) is 0 Å². The molecule has 2 N–H and O–H groups in total. The summed E-state index contributed by atoms with van der Waals surface area (Å²) >= 11 is 0. The zero-order chi connectivity index (χ0) is 17.4. The zero-order valence-corrected chi connectivity index (χ0v) is 13.7. The van der Waals surface area contributed by atoms with Crippen molar-refractivity contribution in [3.05, 3.63) is 65.5 Å². The summed E-state index contributed by atoms with van der Waals surface area (Å²) in [6.45, 7) is 2.02. The van der Waals surface area contributed by atoms with E-state index in [0.29, 0.717) is 18.5 Å². The molecule has 2 rings (SSSR count). The van der Waals surface area contributed by atoms with E-state index in [-0.39, 0.29) is 18.4 Å². The van der Waals surface area contributed by atoms with Gasteiger partial charge in [-0.3, -0.25) is 14.6 Å². The standard InChI is InChI=1S/C19H22N2O3/c1-2-14-10-11-20-17(13-14)19(24)21-16(8-9-18(22)23)12-15-6-4-3-5-7-15/h3-7,10-11,13,16H,2,8-9,12H2,1H3,(H,21,24)(H,22,23). The highest BCUT2D eigenvalue weighted by molar-refractivity contribution is 5.92. The monoisotopic (exact) mass is 326 g/mol. The van der Waals surface area contributed by atoms with Gasteiger partial charge in [0.15, 0.2) is 0 Å². The Morgan fingerprint density at radius 1 is 1.17 bits per heavy atom. The topological polar surface area (TPSA) is 79.3 Å². The van der Waals surface area contributed by atoms with Crippen LogP contribution < -0.4 is 5.32 Å². The molecule has 126 valence electrons. The number of amides is 1. The van der Waals surface area contributed by atoms with Crippen LogP contribution in [0.1, 0.15) is 41.4 Å². The number of pyridine rings is 1. The van der Waals surface area contributed by atoms with Crippen molar-refractivity contribution in [1.82, 2.24) is 10.3 Å². The van der Waals surface area contributed by atoms with Crippen LogP contribution in [0.15, 0.2) is 48.7 Å². The molecule has 1 unspecified atom stereocenters. The van der Waals surface area contributed by atoms with Gasteiger partial charge in [-0.1, -0.05) is 37.3 Å². The Hall–Kier alpha value is -2.69. The first-order chi connectivity index (χ1) is 11.6. The lowest BCUT2D eigenvalue weighted by Gasteiger charge is -2.18. The van der Waals surface area contributed by atoms with Gasteiger partial charge in [-0.15, -0.1) is 0 Å². The second kappa shape index (κ2) is 8.82. The van der Waals surface area contributed by atoms with E-state index in [0.717, 1.165) is 17.5 Å². The maximum Gasteiger partial charge on any atom is 0.303 e. The van der Waals surface area contributed by atoms with Crippen molar-refractivity contribution < 1.29 is 14.7 Å². The molecular formula is C19H22N2O3. The number of carboxylic acid groups (broad SMARTS) is 1. The zero-order valence-electron chi connectivity index (χ0n) is 13.7. The van der Waals surface area contributed by atoms with Gasteiger partial charge in [0.05, 0.1) is 0 Å². The molecule has 0 spiro atoms. The van der Waals surface area contributed by atoms with Gasteiger partial charge in [0.2, 0.25) is 0 Å². The van der Waals surface area contributed by atoms with Crippen LogP contribution in [0.5, 0.6) is 0 Å². The molecule has 0 saturated carbocycles. The predicted molar refractivity (Wildman–Crippen MR) is 91.9 cm³/mol. The SMILES string of the molecule is CCc1ccnc(C(=O)NC(CCC(=O)O)Cc2ccccc2)c1. The first kappa shape index (κ1) is 17.7. The number of carbonyl (C=O) groups is 2. The lowest BCUT2D eigenvalue weighted by Crippen LogP contribution is -2.37. The van der Waals surface area contributed by atoms with E-state index in [9.17, 15) is 9.59 Å². The summed E-state index contributed by atoms with van der Waals surface area (Å²) in [5.74, 6) is -1.13. The van der Waals surface area contributed by atoms with Gasteiger partial charge in [0.25, 0.3) is 5.91 Å². The van der Waals surface area contributed by atoms with Gasteiger partial charge in [-0.25, -0.2) is 0 Å². The Morgan fingerprint density at radius 2 is 1.92 bits per heavy atom. The Balaban J connectivity index is 2.08. The van der Waals surface area contributed by atoms with E-state index in [1.165, 1.54) is 0 Å². The average molecular weight is 326 g/mol. The average Bonchev–Trinajstić information content (AvgIpc) is 2.60. The van der Waals surface area contributed by atoms with Crippen molar-refractivity contribution in [2.75, 3.05) is 0 Å². The molecule has 1 aromatic heterocycles. The van der Waals surface area contributed by atoms with Crippen molar-refractivity contribution in [2.45, 2.75) is 38.6 Å². The van der Waals surface area contributed by atoms with Crippen LogP contribution >= 0.6 is 0 Å². The molecule has 0 saturated heterocycles. The van der Waals surface area contributed by atoms with Crippen molar-refractivity contribution in [2.24, 2.45) is 0 Å². The van der Waals surface area contributed by atoms with E-state index < -0.39 is 5.97 Å². The number of nitrogens with one attached hydrogen (secondary N) is 1. The van der Waals surface area contributed by atoms with Gasteiger partial charge >= 0.3 is 5.97 Å². The van der Waals surface area contributed by atoms with E-state index in [2.05, 4.69) is 10.3 Å². The van der Waals surface area contributed by atoms with E-state index in [1.807, 2.05) is 43.3 Å². The van der Waals surface area contributed by atoms with Crippen LogP contribution in [0.3, 0.4) is 0 Å². The maximum absolute atomic E-state index is 12.4. The summed E-state index contributed by atoms with van der Waals surface area (Å²) in [4.78, 5) is 27.4. The highest BCUT2D eigenvalue weighted by Gasteiger charge is 2.17. The number of benzene rings is 1. The number of carboxylic acids is 1. The Labute approximate surface area is 141 Å². The van der Waals surface area contributed by atoms with Crippen molar-refractivity contribution in [3.63, 3.8) is 0 Å². The van der Waals surface area contributed by atoms with Gasteiger partial charge < -0.3 is 10.4 Å². The van der Waals surface area contributed by atoms with Crippen molar-refractivity contribution >= 4 is 11.9 Å². The highest BCUT2D eigenvalue weighted by Crippen LogP contribution is 2.10. The first-order valence-corrected chi connectivity index (χ1v) is 8.10. The number of hydrogen-bond acceptors (Lipinski definition) is 3. The second-order valence-electron chi connectivity index (χ2n) is 5.70. The third kappa shape index (κ3) is 5.50. The fourth-order valence-corrected chi connectivity index (χ4v) is 2.50. The molecule has 5 nitrogen and oxygen atoms in total. The molecule has 0 fully saturated rings. The van der Waals surface area contributed by atoms with Crippen molar-refractivity contribution in [1.29, 1.82) is 0 Å². The lowest BCUT2D eigenvalue weighted by molar-refractivity contribution is -0.137. The molecule has 1 amide bonds. The number of hydrogen-bond donors (Lipinski definition) is 2. The number of nitrogens with zero attached hydrogens (tertiary/aromatic N) is 1. The first-order valence-electron chi connectivity index (χ1n) is 8.10. The number of rotatable bonds is 8. The molecule has 0 aliphatic heterocycles. The van der Waals surface area contributed by atoms with E-state index >= 15 is 0 Å². The van der Waals surface area contributed by atoms with E-state index in [4.69, 9.17) is 5.11 Å². The summed E-state index contributed by atoms with van der Waals surface area (Å²) < 4.78 is 0. The maximum atomic E-state index is 12.4. The minimum atomic E-state index is -0.867. The van der Waals surface area contributed by atoms with Crippen LogP contribution in [-0.2, 0) is 17.6 Å². The largest absolute Gasteiger partial charge is 0.481 e. The normalized spacial score (nSPS) is 11.7. The van der Waals surface area contributed by atoms with Crippen LogP contribution in [0.4, 0.5) is 0 Å². The van der Waals surface area contributed by atoms with Gasteiger partial charge in [-0.2, -0.15) is 0 Å². The fraction of sp³-hybridized carbons (Fsp3) is 0.316. The minimum Gasteiger partial charge on any atom is -0.481 e. The van der Waals surface area contributed by atoms with E-state index in [1.54, 1.807) is 12.3 Å². The van der Waals surface area contributed by atoms with Crippen LogP contribution in [-0.4, -0.2) is 28.0 Å². The van der Waals surface area contributed by atoms with Crippen LogP contribution in [0, 0.1) is 0 Å². The summed E-state index contributed by atoms with van der Waals surface area (Å²) in [6.07, 6.45) is 3.43. The molecule has 0 aliphatic rings. The quantitative estimate of drug-likeness (QED) is 0.782. The third-order valence-electron chi connectivity index (χ3n) is 3.83. The number of aryl methyl sites for hydroxylation is 1. The second-order valence-corrected chi connectivity index (χ2v) is 5.70. The van der Waals surface area contributed by atoms with Crippen LogP contribution in [0.25, 0.3) is 0 Å². The summed E-state index contributed by atoms with van der Waals surface area (Å²) in [5, 5.41) is 11.8. The predicted octanol–water partition coefficient (Wildman–Crippen LogP) is 2.85. The Morgan fingerprint density at radius 3 is 2.58 bits per heavy atom. The lowest BCUT2D eigenvalue weighted by atomic mass is 10.0. The molecule has 0 bridgehead atoms. The molecular weight excluding hydrogens is 304 g/mol. The fourth-order valence-electron chi connectivity index (χ4n) is 2.50. The van der Waals surface area contributed by atoms with Gasteiger partial charge in [0, 0.05) is 18.7 Å². The smallest absolute Gasteiger partial charge is 0.303 e. The number of carbonyl (C=O) groups excluding carboxylic acids is 1. The van der Waals surface area contributed by atoms with Gasteiger partial charge in [0.1, 0.15) is 5.69 Å². The minimum absolute atomic E-state index is 0.0141. The molecule has 0 aliphatic carbocycles. The summed E-state index contributed by atoms with van der Waals surface area (Å²) in [7, 11) is 0. The summed E-state index contributed by atoms with van der Waals surface area (Å²) in [6, 6.07) is 13.1. The Bertz CT molecular complexity index is 686. The number of aliphatic carboxylic acids is 1. The molecule has 1 aromatic carbocycles. The molecule has 2 aromatic rings. The molecule has 24 heavy (non-hydrogen) atoms. The van der Waals surface area contributed by atoms with Gasteiger partial charge in [-0.05, 0) is 42.5 Å². The summed E-state index contributed by atoms with van der Waals surface area (Å²) in [5.41, 5.74) is 2.46. The molecule has 5 heteroatoms. The molecule has 1 atom stereocenters. The highest BCUT2D eigenvalue weighted by atomic mass is 16.4. The Kier molecular flexibility index (Phi) is 6.49.